The van der Waals surface area contributed by atoms with Gasteiger partial charge in [-0.2, -0.15) is 0 Å². The number of carbonyl (C=O) groups is 2. The number of hydrogen-bond donors (Lipinski definition) is 2. The van der Waals surface area contributed by atoms with Gasteiger partial charge < -0.3 is 14.6 Å². The highest BCUT2D eigenvalue weighted by molar-refractivity contribution is 8.15. The zero-order chi connectivity index (χ0) is 21.0. The van der Waals surface area contributed by atoms with Crippen LogP contribution in [0.3, 0.4) is 0 Å². The van der Waals surface area contributed by atoms with Gasteiger partial charge in [0.15, 0.2) is 0 Å². The summed E-state index contributed by atoms with van der Waals surface area (Å²) in [7, 11) is 0. The number of benzene rings is 2. The molecule has 0 saturated carbocycles. The van der Waals surface area contributed by atoms with Crippen molar-refractivity contribution in [3.63, 3.8) is 0 Å². The highest BCUT2D eigenvalue weighted by atomic mass is 32.2. The van der Waals surface area contributed by atoms with E-state index in [4.69, 9.17) is 4.74 Å². The fraction of sp³-hybridized carbons (Fsp3) is 0.263. The molecule has 154 valence electrons. The first-order valence-corrected chi connectivity index (χ1v) is 9.34. The number of hydrogen-bond acceptors (Lipinski definition) is 6. The van der Waals surface area contributed by atoms with Crippen molar-refractivity contribution >= 4 is 22.9 Å². The zero-order valence-electron chi connectivity index (χ0n) is 14.8. The first-order chi connectivity index (χ1) is 13.7. The van der Waals surface area contributed by atoms with Crippen molar-refractivity contribution in [3.8, 4) is 11.5 Å². The van der Waals surface area contributed by atoms with Crippen LogP contribution in [-0.4, -0.2) is 34.5 Å². The number of aliphatic hydroxyl groups is 1. The van der Waals surface area contributed by atoms with E-state index in [2.05, 4.69) is 10.1 Å². The monoisotopic (exact) mass is 427 g/mol. The van der Waals surface area contributed by atoms with E-state index in [0.717, 1.165) is 29.5 Å². The normalized spacial score (nSPS) is 17.7. The van der Waals surface area contributed by atoms with Crippen molar-refractivity contribution in [1.82, 2.24) is 5.32 Å². The van der Waals surface area contributed by atoms with Gasteiger partial charge in [-0.3, -0.25) is 14.9 Å². The molecular formula is C19H16F3NO5S. The van der Waals surface area contributed by atoms with E-state index in [1.54, 1.807) is 24.3 Å². The summed E-state index contributed by atoms with van der Waals surface area (Å²) in [5, 5.41) is 11.6. The Morgan fingerprint density at radius 2 is 1.66 bits per heavy atom. The van der Waals surface area contributed by atoms with Crippen LogP contribution in [0.1, 0.15) is 17.2 Å². The van der Waals surface area contributed by atoms with E-state index < -0.39 is 17.7 Å². The highest BCUT2D eigenvalue weighted by Crippen LogP contribution is 2.26. The second-order valence-electron chi connectivity index (χ2n) is 6.17. The molecule has 6 nitrogen and oxygen atoms in total. The van der Waals surface area contributed by atoms with E-state index in [0.29, 0.717) is 17.7 Å². The average molecular weight is 427 g/mol. The third-order valence-electron chi connectivity index (χ3n) is 4.02. The van der Waals surface area contributed by atoms with Crippen LogP contribution in [-0.2, 0) is 11.2 Å². The molecule has 2 aromatic carbocycles. The molecular weight excluding hydrogens is 411 g/mol. The lowest BCUT2D eigenvalue weighted by molar-refractivity contribution is -0.274. The maximum atomic E-state index is 12.2. The number of alkyl halides is 3. The van der Waals surface area contributed by atoms with Crippen LogP contribution in [0.4, 0.5) is 18.0 Å². The Morgan fingerprint density at radius 3 is 2.21 bits per heavy atom. The van der Waals surface area contributed by atoms with E-state index in [-0.39, 0.29) is 23.5 Å². The number of halogens is 3. The summed E-state index contributed by atoms with van der Waals surface area (Å²) in [5.74, 6) is -0.208. The molecule has 0 bridgehead atoms. The fourth-order valence-electron chi connectivity index (χ4n) is 2.63. The predicted octanol–water partition coefficient (Wildman–Crippen LogP) is 3.59. The second-order valence-corrected chi connectivity index (χ2v) is 7.35. The van der Waals surface area contributed by atoms with Crippen molar-refractivity contribution < 1.29 is 37.3 Å². The zero-order valence-corrected chi connectivity index (χ0v) is 15.6. The van der Waals surface area contributed by atoms with E-state index in [1.165, 1.54) is 12.1 Å². The van der Waals surface area contributed by atoms with Crippen molar-refractivity contribution in [3.05, 3.63) is 59.7 Å². The van der Waals surface area contributed by atoms with E-state index in [9.17, 15) is 27.9 Å². The lowest BCUT2D eigenvalue weighted by Gasteiger charge is -2.14. The minimum Gasteiger partial charge on any atom is -0.491 e. The molecule has 1 heterocycles. The number of aliphatic hydroxyl groups excluding tert-OH is 1. The molecule has 1 saturated heterocycles. The summed E-state index contributed by atoms with van der Waals surface area (Å²) in [6.07, 6.45) is -5.41. The molecule has 0 spiro atoms. The number of nitrogens with one attached hydrogen (secondary N) is 1. The SMILES string of the molecule is O=C1NC(=O)C(Cc2ccc(OC[C@@H](O)c3ccc(OC(F)(F)F)cc3)cc2)S1. The van der Waals surface area contributed by atoms with Crippen LogP contribution in [0.15, 0.2) is 48.5 Å². The Bertz CT molecular complexity index is 871. The maximum absolute atomic E-state index is 12.2. The average Bonchev–Trinajstić information content (AvgIpc) is 2.97. The Kier molecular flexibility index (Phi) is 6.33. The summed E-state index contributed by atoms with van der Waals surface area (Å²) in [5.41, 5.74) is 1.23. The van der Waals surface area contributed by atoms with Gasteiger partial charge in [0.05, 0.1) is 5.25 Å². The first kappa shape index (κ1) is 21.0. The molecule has 10 heteroatoms. The molecule has 3 rings (SSSR count). The Hall–Kier alpha value is -2.72. The third-order valence-corrected chi connectivity index (χ3v) is 5.00. The summed E-state index contributed by atoms with van der Waals surface area (Å²) in [4.78, 5) is 22.8. The van der Waals surface area contributed by atoms with Crippen LogP contribution in [0.5, 0.6) is 11.5 Å². The Balaban J connectivity index is 1.50. The molecule has 0 aromatic heterocycles. The van der Waals surface area contributed by atoms with Crippen molar-refractivity contribution in [2.24, 2.45) is 0 Å². The van der Waals surface area contributed by atoms with Gasteiger partial charge in [-0.25, -0.2) is 0 Å². The van der Waals surface area contributed by atoms with Crippen molar-refractivity contribution in [1.29, 1.82) is 0 Å². The van der Waals surface area contributed by atoms with Gasteiger partial charge in [0.1, 0.15) is 24.2 Å². The molecule has 1 aliphatic heterocycles. The van der Waals surface area contributed by atoms with Gasteiger partial charge in [0.2, 0.25) is 5.91 Å². The van der Waals surface area contributed by atoms with Crippen molar-refractivity contribution in [2.75, 3.05) is 6.61 Å². The summed E-state index contributed by atoms with van der Waals surface area (Å²) >= 11 is 0.953. The number of amides is 2. The molecule has 0 aliphatic carbocycles. The summed E-state index contributed by atoms with van der Waals surface area (Å²) in [6, 6.07) is 11.7. The quantitative estimate of drug-likeness (QED) is 0.703. The molecule has 1 unspecified atom stereocenters. The van der Waals surface area contributed by atoms with Crippen LogP contribution in [0, 0.1) is 0 Å². The number of imide groups is 1. The number of thioether (sulfide) groups is 1. The highest BCUT2D eigenvalue weighted by Gasteiger charge is 2.32. The third kappa shape index (κ3) is 6.13. The Morgan fingerprint density at radius 1 is 1.03 bits per heavy atom. The van der Waals surface area contributed by atoms with Gasteiger partial charge in [0, 0.05) is 0 Å². The predicted molar refractivity (Wildman–Crippen MR) is 98.6 cm³/mol. The Labute approximate surface area is 168 Å². The molecule has 1 fully saturated rings. The molecule has 29 heavy (non-hydrogen) atoms. The van der Waals surface area contributed by atoms with Crippen LogP contribution >= 0.6 is 11.8 Å². The summed E-state index contributed by atoms with van der Waals surface area (Å²) in [6.45, 7) is -0.103. The van der Waals surface area contributed by atoms with Crippen molar-refractivity contribution in [2.45, 2.75) is 24.1 Å². The van der Waals surface area contributed by atoms with Gasteiger partial charge in [-0.1, -0.05) is 36.0 Å². The topological polar surface area (TPSA) is 84.9 Å². The van der Waals surface area contributed by atoms with Gasteiger partial charge in [-0.15, -0.1) is 13.2 Å². The second kappa shape index (κ2) is 8.75. The van der Waals surface area contributed by atoms with E-state index >= 15 is 0 Å². The maximum Gasteiger partial charge on any atom is 0.573 e. The van der Waals surface area contributed by atoms with Gasteiger partial charge >= 0.3 is 6.36 Å². The van der Waals surface area contributed by atoms with Gasteiger partial charge in [-0.05, 0) is 41.8 Å². The number of carbonyl (C=O) groups excluding carboxylic acids is 2. The molecule has 2 N–H and O–H groups in total. The number of rotatable bonds is 7. The fourth-order valence-corrected chi connectivity index (χ4v) is 3.49. The summed E-state index contributed by atoms with van der Waals surface area (Å²) < 4.78 is 45.8. The standard InChI is InChI=1S/C19H16F3NO5S/c20-19(21,22)28-14-7-3-12(4-8-14)15(24)10-27-13-5-1-11(2-6-13)9-16-17(25)23-18(26)29-16/h1-8,15-16,24H,9-10H2,(H,23,25,26)/t15-,16?/m1/s1. The molecule has 0 radical (unpaired) electrons. The molecule has 2 aromatic rings. The van der Waals surface area contributed by atoms with Crippen LogP contribution < -0.4 is 14.8 Å². The molecule has 2 amide bonds. The molecule has 1 aliphatic rings. The smallest absolute Gasteiger partial charge is 0.491 e. The number of ether oxygens (including phenoxy) is 2. The van der Waals surface area contributed by atoms with Crippen LogP contribution in [0.25, 0.3) is 0 Å². The molecule has 2 atom stereocenters. The minimum absolute atomic E-state index is 0.103. The lowest BCUT2D eigenvalue weighted by Crippen LogP contribution is -2.25. The van der Waals surface area contributed by atoms with E-state index in [1.807, 2.05) is 0 Å². The van der Waals surface area contributed by atoms with Gasteiger partial charge in [0.25, 0.3) is 5.24 Å². The minimum atomic E-state index is -4.77. The largest absolute Gasteiger partial charge is 0.573 e. The van der Waals surface area contributed by atoms with Crippen LogP contribution in [0.2, 0.25) is 0 Å². The first-order valence-electron chi connectivity index (χ1n) is 8.46. The lowest BCUT2D eigenvalue weighted by atomic mass is 10.1.